The summed E-state index contributed by atoms with van der Waals surface area (Å²) in [6.45, 7) is 5.70. The first-order chi connectivity index (χ1) is 10.6. The Morgan fingerprint density at radius 2 is 2.05 bits per heavy atom. The second-order valence-corrected chi connectivity index (χ2v) is 4.97. The zero-order valence-electron chi connectivity index (χ0n) is 12.8. The van der Waals surface area contributed by atoms with Gasteiger partial charge in [0.15, 0.2) is 0 Å². The first-order valence-electron chi connectivity index (χ1n) is 7.26. The van der Waals surface area contributed by atoms with Gasteiger partial charge in [-0.25, -0.2) is 0 Å². The molecule has 0 amide bonds. The molecule has 0 saturated heterocycles. The molecule has 1 atom stereocenters. The quantitative estimate of drug-likeness (QED) is 0.329. The zero-order valence-corrected chi connectivity index (χ0v) is 12.8. The molecule has 22 heavy (non-hydrogen) atoms. The molecule has 0 fully saturated rings. The van der Waals surface area contributed by atoms with Gasteiger partial charge in [-0.3, -0.25) is 9.59 Å². The topological polar surface area (TPSA) is 63.6 Å². The summed E-state index contributed by atoms with van der Waals surface area (Å²) in [6.07, 6.45) is 5.50. The SMILES string of the molecule is C=CC[C@@H](CC(=O)OCCc1ccc(O)cc1)/C(C=O)=C\C. The molecule has 0 unspecified atom stereocenters. The molecule has 0 radical (unpaired) electrons. The van der Waals surface area contributed by atoms with Crippen LogP contribution in [0.25, 0.3) is 0 Å². The van der Waals surface area contributed by atoms with Gasteiger partial charge in [-0.15, -0.1) is 6.58 Å². The molecule has 0 saturated carbocycles. The van der Waals surface area contributed by atoms with Crippen molar-refractivity contribution < 1.29 is 19.4 Å². The van der Waals surface area contributed by atoms with Gasteiger partial charge in [0, 0.05) is 12.3 Å². The molecule has 0 bridgehead atoms. The van der Waals surface area contributed by atoms with E-state index in [1.54, 1.807) is 43.3 Å². The van der Waals surface area contributed by atoms with Gasteiger partial charge in [-0.1, -0.05) is 24.3 Å². The average molecular weight is 302 g/mol. The van der Waals surface area contributed by atoms with Crippen molar-refractivity contribution in [3.05, 3.63) is 54.1 Å². The van der Waals surface area contributed by atoms with Crippen LogP contribution in [0.4, 0.5) is 0 Å². The van der Waals surface area contributed by atoms with Gasteiger partial charge in [-0.05, 0) is 36.6 Å². The summed E-state index contributed by atoms with van der Waals surface area (Å²) in [5, 5.41) is 9.19. The molecule has 1 aromatic carbocycles. The van der Waals surface area contributed by atoms with Crippen molar-refractivity contribution in [1.29, 1.82) is 0 Å². The van der Waals surface area contributed by atoms with Gasteiger partial charge in [0.2, 0.25) is 0 Å². The van der Waals surface area contributed by atoms with Crippen LogP contribution in [0.2, 0.25) is 0 Å². The van der Waals surface area contributed by atoms with E-state index in [9.17, 15) is 14.7 Å². The molecule has 0 aliphatic heterocycles. The molecule has 4 heteroatoms. The number of hydrogen-bond donors (Lipinski definition) is 1. The summed E-state index contributed by atoms with van der Waals surface area (Å²) in [5.74, 6) is -0.297. The first-order valence-corrected chi connectivity index (χ1v) is 7.26. The third kappa shape index (κ3) is 5.95. The van der Waals surface area contributed by atoms with Crippen molar-refractivity contribution in [3.8, 4) is 5.75 Å². The van der Waals surface area contributed by atoms with E-state index in [2.05, 4.69) is 6.58 Å². The molecule has 1 aromatic rings. The minimum absolute atomic E-state index is 0.167. The zero-order chi connectivity index (χ0) is 16.4. The molecule has 0 aliphatic rings. The fourth-order valence-electron chi connectivity index (χ4n) is 2.14. The number of allylic oxidation sites excluding steroid dienone is 3. The van der Waals surface area contributed by atoms with Crippen LogP contribution < -0.4 is 0 Å². The van der Waals surface area contributed by atoms with E-state index in [1.807, 2.05) is 0 Å². The highest BCUT2D eigenvalue weighted by atomic mass is 16.5. The van der Waals surface area contributed by atoms with Crippen LogP contribution in [0.15, 0.2) is 48.6 Å². The predicted molar refractivity (Wildman–Crippen MR) is 85.5 cm³/mol. The highest BCUT2D eigenvalue weighted by molar-refractivity contribution is 5.77. The second-order valence-electron chi connectivity index (χ2n) is 4.97. The Morgan fingerprint density at radius 3 is 2.59 bits per heavy atom. The summed E-state index contributed by atoms with van der Waals surface area (Å²) in [4.78, 5) is 22.9. The molecule has 1 N–H and O–H groups in total. The Morgan fingerprint density at radius 1 is 1.36 bits per heavy atom. The average Bonchev–Trinajstić information content (AvgIpc) is 2.50. The van der Waals surface area contributed by atoms with E-state index < -0.39 is 0 Å². The Kier molecular flexibility index (Phi) is 7.68. The smallest absolute Gasteiger partial charge is 0.306 e. The number of benzene rings is 1. The Bertz CT molecular complexity index is 529. The lowest BCUT2D eigenvalue weighted by atomic mass is 9.93. The number of hydrogen-bond acceptors (Lipinski definition) is 4. The summed E-state index contributed by atoms with van der Waals surface area (Å²) in [6, 6.07) is 6.77. The van der Waals surface area contributed by atoms with E-state index in [0.29, 0.717) is 18.4 Å². The largest absolute Gasteiger partial charge is 0.508 e. The third-order valence-corrected chi connectivity index (χ3v) is 3.40. The van der Waals surface area contributed by atoms with Gasteiger partial charge in [0.05, 0.1) is 13.0 Å². The van der Waals surface area contributed by atoms with E-state index in [0.717, 1.165) is 11.8 Å². The highest BCUT2D eigenvalue weighted by Crippen LogP contribution is 2.19. The molecule has 4 nitrogen and oxygen atoms in total. The highest BCUT2D eigenvalue weighted by Gasteiger charge is 2.17. The number of aldehydes is 1. The number of ether oxygens (including phenoxy) is 1. The third-order valence-electron chi connectivity index (χ3n) is 3.40. The number of carbonyl (C=O) groups is 2. The molecule has 0 heterocycles. The van der Waals surface area contributed by atoms with E-state index in [-0.39, 0.29) is 30.7 Å². The van der Waals surface area contributed by atoms with Crippen LogP contribution in [-0.2, 0) is 20.7 Å². The lowest BCUT2D eigenvalue weighted by Gasteiger charge is -2.14. The van der Waals surface area contributed by atoms with Crippen molar-refractivity contribution in [2.75, 3.05) is 6.61 Å². The van der Waals surface area contributed by atoms with Crippen LogP contribution >= 0.6 is 0 Å². The summed E-state index contributed by atoms with van der Waals surface area (Å²) >= 11 is 0. The molecule has 0 aromatic heterocycles. The fraction of sp³-hybridized carbons (Fsp3) is 0.333. The van der Waals surface area contributed by atoms with Crippen molar-refractivity contribution in [1.82, 2.24) is 0 Å². The Labute approximate surface area is 131 Å². The van der Waals surface area contributed by atoms with Gasteiger partial charge in [0.1, 0.15) is 12.0 Å². The molecular formula is C18H22O4. The number of aromatic hydroxyl groups is 1. The van der Waals surface area contributed by atoms with Gasteiger partial charge < -0.3 is 9.84 Å². The number of phenols is 1. The minimum atomic E-state index is -0.327. The van der Waals surface area contributed by atoms with Crippen molar-refractivity contribution in [3.63, 3.8) is 0 Å². The van der Waals surface area contributed by atoms with Crippen LogP contribution in [0, 0.1) is 5.92 Å². The van der Waals surface area contributed by atoms with Crippen molar-refractivity contribution in [2.45, 2.75) is 26.2 Å². The fourth-order valence-corrected chi connectivity index (χ4v) is 2.14. The van der Waals surface area contributed by atoms with Crippen LogP contribution in [0.3, 0.4) is 0 Å². The van der Waals surface area contributed by atoms with Crippen molar-refractivity contribution in [2.24, 2.45) is 5.92 Å². The van der Waals surface area contributed by atoms with Gasteiger partial charge in [0.25, 0.3) is 0 Å². The summed E-state index contributed by atoms with van der Waals surface area (Å²) < 4.78 is 5.21. The second kappa shape index (κ2) is 9.55. The Hall–Kier alpha value is -2.36. The first kappa shape index (κ1) is 17.7. The van der Waals surface area contributed by atoms with E-state index in [4.69, 9.17) is 4.74 Å². The molecular weight excluding hydrogens is 280 g/mol. The summed E-state index contributed by atoms with van der Waals surface area (Å²) in [7, 11) is 0. The van der Waals surface area contributed by atoms with Gasteiger partial charge in [-0.2, -0.15) is 0 Å². The standard InChI is InChI=1S/C18H22O4/c1-3-5-16(15(4-2)13-19)12-18(21)22-11-10-14-6-8-17(20)9-7-14/h3-4,6-9,13,16,20H,1,5,10-12H2,2H3/b15-4-/t16-/m0/s1. The molecule has 0 spiro atoms. The van der Waals surface area contributed by atoms with Crippen LogP contribution in [-0.4, -0.2) is 24.0 Å². The van der Waals surface area contributed by atoms with E-state index in [1.165, 1.54) is 0 Å². The van der Waals surface area contributed by atoms with Crippen molar-refractivity contribution >= 4 is 12.3 Å². The number of esters is 1. The normalized spacial score (nSPS) is 12.5. The lowest BCUT2D eigenvalue weighted by Crippen LogP contribution is -2.15. The maximum Gasteiger partial charge on any atom is 0.306 e. The maximum atomic E-state index is 11.9. The predicted octanol–water partition coefficient (Wildman–Crippen LogP) is 3.21. The van der Waals surface area contributed by atoms with Crippen LogP contribution in [0.1, 0.15) is 25.3 Å². The number of rotatable bonds is 9. The summed E-state index contributed by atoms with van der Waals surface area (Å²) in [5.41, 5.74) is 1.57. The Balaban J connectivity index is 2.45. The number of carbonyl (C=O) groups excluding carboxylic acids is 2. The maximum absolute atomic E-state index is 11.9. The van der Waals surface area contributed by atoms with Crippen LogP contribution in [0.5, 0.6) is 5.75 Å². The minimum Gasteiger partial charge on any atom is -0.508 e. The molecule has 0 aliphatic carbocycles. The lowest BCUT2D eigenvalue weighted by molar-refractivity contribution is -0.144. The monoisotopic (exact) mass is 302 g/mol. The molecule has 118 valence electrons. The van der Waals surface area contributed by atoms with E-state index >= 15 is 0 Å². The molecule has 1 rings (SSSR count). The van der Waals surface area contributed by atoms with Gasteiger partial charge >= 0.3 is 5.97 Å². The number of phenolic OH excluding ortho intramolecular Hbond substituents is 1.